The van der Waals surface area contributed by atoms with Gasteiger partial charge in [0.1, 0.15) is 17.6 Å². The van der Waals surface area contributed by atoms with Crippen LogP contribution >= 0.6 is 0 Å². The Kier molecular flexibility index (Phi) is 8.83. The normalized spacial score (nSPS) is 11.9. The number of rotatable bonds is 11. The van der Waals surface area contributed by atoms with E-state index in [4.69, 9.17) is 9.15 Å². The van der Waals surface area contributed by atoms with Crippen LogP contribution in [0.3, 0.4) is 0 Å². The minimum absolute atomic E-state index is 0.0424. The molecule has 0 saturated carbocycles. The maximum absolute atomic E-state index is 13.3. The molecule has 0 aliphatic heterocycles. The van der Waals surface area contributed by atoms with Crippen molar-refractivity contribution < 1.29 is 32.6 Å². The standard InChI is InChI=1S/C30H26F2N2O5/c1-19-26(34-29(39-19)22-5-3-2-4-6-22)15-16-38-23-11-7-21(8-12-23)18-27(30(36)37)33-28(35)14-10-20-9-13-24(31)25(32)17-20/h2-14,17,27H,15-16,18H2,1H3,(H,33,35)(H,36,37)/b14-10+/t27-/m0/s1. The number of nitrogens with one attached hydrogen (secondary N) is 1. The summed E-state index contributed by atoms with van der Waals surface area (Å²) in [5.74, 6) is -2.02. The van der Waals surface area contributed by atoms with Crippen molar-refractivity contribution in [3.05, 3.63) is 113 Å². The van der Waals surface area contributed by atoms with Gasteiger partial charge in [-0.15, -0.1) is 0 Å². The van der Waals surface area contributed by atoms with Gasteiger partial charge in [-0.3, -0.25) is 4.79 Å². The number of nitrogens with zero attached hydrogens (tertiary/aromatic N) is 1. The minimum Gasteiger partial charge on any atom is -0.493 e. The molecule has 0 fully saturated rings. The Morgan fingerprint density at radius 1 is 1.05 bits per heavy atom. The number of halogens is 2. The number of amides is 1. The highest BCUT2D eigenvalue weighted by atomic mass is 19.2. The molecule has 0 saturated heterocycles. The van der Waals surface area contributed by atoms with Gasteiger partial charge in [0.25, 0.3) is 0 Å². The zero-order valence-electron chi connectivity index (χ0n) is 21.1. The van der Waals surface area contributed by atoms with Crippen molar-refractivity contribution in [3.8, 4) is 17.2 Å². The number of carbonyl (C=O) groups is 2. The Morgan fingerprint density at radius 2 is 1.79 bits per heavy atom. The number of hydrogen-bond donors (Lipinski definition) is 2. The number of aryl methyl sites for hydroxylation is 1. The molecule has 0 radical (unpaired) electrons. The highest BCUT2D eigenvalue weighted by Gasteiger charge is 2.19. The van der Waals surface area contributed by atoms with E-state index in [-0.39, 0.29) is 12.0 Å². The Hall–Kier alpha value is -4.79. The van der Waals surface area contributed by atoms with Gasteiger partial charge >= 0.3 is 5.97 Å². The number of benzene rings is 3. The van der Waals surface area contributed by atoms with E-state index in [0.717, 1.165) is 35.2 Å². The lowest BCUT2D eigenvalue weighted by Gasteiger charge is -2.14. The zero-order chi connectivity index (χ0) is 27.8. The fourth-order valence-electron chi connectivity index (χ4n) is 3.80. The molecule has 1 amide bonds. The number of oxazole rings is 1. The summed E-state index contributed by atoms with van der Waals surface area (Å²) >= 11 is 0. The van der Waals surface area contributed by atoms with Gasteiger partial charge in [-0.1, -0.05) is 36.4 Å². The predicted octanol–water partition coefficient (Wildman–Crippen LogP) is 5.38. The molecule has 200 valence electrons. The molecule has 2 N–H and O–H groups in total. The lowest BCUT2D eigenvalue weighted by molar-refractivity contribution is -0.141. The highest BCUT2D eigenvalue weighted by Crippen LogP contribution is 2.22. The van der Waals surface area contributed by atoms with Crippen molar-refractivity contribution in [1.29, 1.82) is 0 Å². The summed E-state index contributed by atoms with van der Waals surface area (Å²) in [7, 11) is 0. The maximum Gasteiger partial charge on any atom is 0.326 e. The number of carboxylic acids is 1. The Morgan fingerprint density at radius 3 is 2.49 bits per heavy atom. The van der Waals surface area contributed by atoms with E-state index in [2.05, 4.69) is 10.3 Å². The average molecular weight is 533 g/mol. The number of hydrogen-bond acceptors (Lipinski definition) is 5. The molecule has 0 bridgehead atoms. The van der Waals surface area contributed by atoms with Gasteiger partial charge in [0.2, 0.25) is 11.8 Å². The van der Waals surface area contributed by atoms with Gasteiger partial charge in [0.05, 0.1) is 12.3 Å². The molecular formula is C30H26F2N2O5. The SMILES string of the molecule is Cc1oc(-c2ccccc2)nc1CCOc1ccc(C[C@H](NC(=O)/C=C/c2ccc(F)c(F)c2)C(=O)O)cc1. The van der Waals surface area contributed by atoms with Crippen molar-refractivity contribution in [3.63, 3.8) is 0 Å². The van der Waals surface area contributed by atoms with Gasteiger partial charge in [-0.25, -0.2) is 18.6 Å². The van der Waals surface area contributed by atoms with Crippen LogP contribution in [0.25, 0.3) is 17.5 Å². The van der Waals surface area contributed by atoms with Crippen LogP contribution in [0.1, 0.15) is 22.6 Å². The molecule has 1 atom stereocenters. The quantitative estimate of drug-likeness (QED) is 0.252. The summed E-state index contributed by atoms with van der Waals surface area (Å²) in [5.41, 5.74) is 2.66. The Labute approximate surface area is 223 Å². The summed E-state index contributed by atoms with van der Waals surface area (Å²) in [4.78, 5) is 28.5. The van der Waals surface area contributed by atoms with Crippen LogP contribution in [-0.4, -0.2) is 34.6 Å². The van der Waals surface area contributed by atoms with Crippen LogP contribution < -0.4 is 10.1 Å². The lowest BCUT2D eigenvalue weighted by Crippen LogP contribution is -2.41. The summed E-state index contributed by atoms with van der Waals surface area (Å²) in [6.07, 6.45) is 2.93. The first kappa shape index (κ1) is 27.3. The van der Waals surface area contributed by atoms with E-state index >= 15 is 0 Å². The first-order chi connectivity index (χ1) is 18.8. The van der Waals surface area contributed by atoms with E-state index < -0.39 is 29.6 Å². The number of aromatic nitrogens is 1. The minimum atomic E-state index is -1.21. The fraction of sp³-hybridized carbons (Fsp3) is 0.167. The summed E-state index contributed by atoms with van der Waals surface area (Å²) < 4.78 is 37.9. The van der Waals surface area contributed by atoms with Gasteiger partial charge in [0, 0.05) is 24.5 Å². The maximum atomic E-state index is 13.3. The third-order valence-corrected chi connectivity index (χ3v) is 5.87. The molecule has 39 heavy (non-hydrogen) atoms. The molecular weight excluding hydrogens is 506 g/mol. The van der Waals surface area contributed by atoms with Gasteiger partial charge in [-0.2, -0.15) is 0 Å². The summed E-state index contributed by atoms with van der Waals surface area (Å²) in [6, 6.07) is 18.5. The van der Waals surface area contributed by atoms with Crippen molar-refractivity contribution in [1.82, 2.24) is 10.3 Å². The van der Waals surface area contributed by atoms with Crippen LogP contribution in [-0.2, 0) is 22.4 Å². The van der Waals surface area contributed by atoms with Crippen molar-refractivity contribution in [2.75, 3.05) is 6.61 Å². The fourth-order valence-corrected chi connectivity index (χ4v) is 3.80. The summed E-state index contributed by atoms with van der Waals surface area (Å²) in [6.45, 7) is 2.23. The lowest BCUT2D eigenvalue weighted by atomic mass is 10.1. The van der Waals surface area contributed by atoms with E-state index in [9.17, 15) is 23.5 Å². The molecule has 0 spiro atoms. The van der Waals surface area contributed by atoms with E-state index in [1.54, 1.807) is 24.3 Å². The van der Waals surface area contributed by atoms with Crippen LogP contribution in [0.2, 0.25) is 0 Å². The van der Waals surface area contributed by atoms with E-state index in [1.807, 2.05) is 37.3 Å². The van der Waals surface area contributed by atoms with Crippen molar-refractivity contribution in [2.45, 2.75) is 25.8 Å². The predicted molar refractivity (Wildman–Crippen MR) is 141 cm³/mol. The van der Waals surface area contributed by atoms with E-state index in [1.165, 1.54) is 12.1 Å². The number of aliphatic carboxylic acids is 1. The Bertz CT molecular complexity index is 1470. The molecule has 0 unspecified atom stereocenters. The molecule has 0 aliphatic rings. The second kappa shape index (κ2) is 12.6. The largest absolute Gasteiger partial charge is 0.493 e. The first-order valence-electron chi connectivity index (χ1n) is 12.2. The van der Waals surface area contributed by atoms with Crippen LogP contribution in [0.5, 0.6) is 5.75 Å². The van der Waals surface area contributed by atoms with Crippen molar-refractivity contribution >= 4 is 18.0 Å². The first-order valence-corrected chi connectivity index (χ1v) is 12.2. The topological polar surface area (TPSA) is 102 Å². The van der Waals surface area contributed by atoms with Gasteiger partial charge in [-0.05, 0) is 60.5 Å². The van der Waals surface area contributed by atoms with Crippen LogP contribution in [0.15, 0.2) is 83.3 Å². The molecule has 0 aliphatic carbocycles. The number of carboxylic acid groups (broad SMARTS) is 1. The molecule has 9 heteroatoms. The number of carbonyl (C=O) groups excluding carboxylic acids is 1. The molecule has 4 rings (SSSR count). The van der Waals surface area contributed by atoms with Gasteiger partial charge in [0.15, 0.2) is 11.6 Å². The molecule has 1 heterocycles. The zero-order valence-corrected chi connectivity index (χ0v) is 21.1. The van der Waals surface area contributed by atoms with Crippen LogP contribution in [0, 0.1) is 18.6 Å². The smallest absolute Gasteiger partial charge is 0.326 e. The monoisotopic (exact) mass is 532 g/mol. The molecule has 4 aromatic rings. The van der Waals surface area contributed by atoms with Crippen molar-refractivity contribution in [2.24, 2.45) is 0 Å². The van der Waals surface area contributed by atoms with E-state index in [0.29, 0.717) is 30.2 Å². The number of ether oxygens (including phenoxy) is 1. The molecule has 3 aromatic carbocycles. The third kappa shape index (κ3) is 7.61. The van der Waals surface area contributed by atoms with Crippen LogP contribution in [0.4, 0.5) is 8.78 Å². The summed E-state index contributed by atoms with van der Waals surface area (Å²) in [5, 5.41) is 12.0. The second-order valence-corrected chi connectivity index (χ2v) is 8.74. The second-order valence-electron chi connectivity index (χ2n) is 8.74. The average Bonchev–Trinajstić information content (AvgIpc) is 3.30. The third-order valence-electron chi connectivity index (χ3n) is 5.87. The van der Waals surface area contributed by atoms with Gasteiger partial charge < -0.3 is 19.6 Å². The highest BCUT2D eigenvalue weighted by molar-refractivity contribution is 5.94. The Balaban J connectivity index is 1.28. The molecule has 7 nitrogen and oxygen atoms in total. The molecule has 1 aromatic heterocycles.